The zero-order chi connectivity index (χ0) is 41.0. The van der Waals surface area contributed by atoms with Gasteiger partial charge in [-0.2, -0.15) is 0 Å². The largest absolute Gasteiger partial charge is 0.333 e. The van der Waals surface area contributed by atoms with Crippen molar-refractivity contribution in [3.05, 3.63) is 242 Å². The molecule has 8 aromatic carbocycles. The molecule has 0 radical (unpaired) electrons. The monoisotopic (exact) mass is 792 g/mol. The van der Waals surface area contributed by atoms with E-state index in [1.165, 1.54) is 93.7 Å². The van der Waals surface area contributed by atoms with E-state index in [2.05, 4.69) is 240 Å². The van der Waals surface area contributed by atoms with Crippen LogP contribution >= 0.6 is 0 Å². The van der Waals surface area contributed by atoms with E-state index in [1.54, 1.807) is 0 Å². The molecular formula is C60H44N2. The predicted molar refractivity (Wildman–Crippen MR) is 263 cm³/mol. The molecule has 0 aliphatic heterocycles. The lowest BCUT2D eigenvalue weighted by Crippen LogP contribution is -2.08. The first kappa shape index (κ1) is 36.2. The molecule has 62 heavy (non-hydrogen) atoms. The van der Waals surface area contributed by atoms with Gasteiger partial charge in [-0.3, -0.25) is 0 Å². The van der Waals surface area contributed by atoms with E-state index in [0.29, 0.717) is 5.92 Å². The van der Waals surface area contributed by atoms with E-state index in [4.69, 9.17) is 0 Å². The molecule has 0 spiro atoms. The zero-order valence-electron chi connectivity index (χ0n) is 34.4. The lowest BCUT2D eigenvalue weighted by atomic mass is 9.85. The lowest BCUT2D eigenvalue weighted by molar-refractivity contribution is 0.649. The fraction of sp³-hybridized carbons (Fsp3) is 0.0667. The second kappa shape index (κ2) is 15.1. The van der Waals surface area contributed by atoms with Gasteiger partial charge in [-0.25, -0.2) is 0 Å². The van der Waals surface area contributed by atoms with Crippen LogP contribution in [0.2, 0.25) is 0 Å². The van der Waals surface area contributed by atoms with Crippen molar-refractivity contribution in [3.8, 4) is 39.1 Å². The first-order chi connectivity index (χ1) is 30.7. The second-order valence-corrected chi connectivity index (χ2v) is 16.8. The van der Waals surface area contributed by atoms with E-state index in [-0.39, 0.29) is 6.04 Å². The Balaban J connectivity index is 0.953. The Morgan fingerprint density at radius 1 is 0.387 bits per heavy atom. The van der Waals surface area contributed by atoms with Gasteiger partial charge in [0, 0.05) is 44.2 Å². The van der Waals surface area contributed by atoms with E-state index in [1.807, 2.05) is 0 Å². The third-order valence-electron chi connectivity index (χ3n) is 13.1. The average molecular weight is 793 g/mol. The summed E-state index contributed by atoms with van der Waals surface area (Å²) in [6, 6.07) is 69.7. The van der Waals surface area contributed by atoms with Gasteiger partial charge in [-0.15, -0.1) is 0 Å². The molecule has 294 valence electrons. The van der Waals surface area contributed by atoms with Gasteiger partial charge in [0.25, 0.3) is 0 Å². The van der Waals surface area contributed by atoms with Crippen LogP contribution in [0.4, 0.5) is 0 Å². The molecule has 0 saturated heterocycles. The average Bonchev–Trinajstić information content (AvgIpc) is 3.87. The van der Waals surface area contributed by atoms with Crippen molar-refractivity contribution in [1.82, 2.24) is 9.13 Å². The Bertz CT molecular complexity index is 3350. The van der Waals surface area contributed by atoms with Gasteiger partial charge >= 0.3 is 0 Å². The highest BCUT2D eigenvalue weighted by Gasteiger charge is 2.20. The van der Waals surface area contributed by atoms with Crippen molar-refractivity contribution in [1.29, 1.82) is 0 Å². The molecule has 2 aromatic heterocycles. The van der Waals surface area contributed by atoms with Gasteiger partial charge in [0.1, 0.15) is 0 Å². The topological polar surface area (TPSA) is 9.86 Å². The Morgan fingerprint density at radius 2 is 0.887 bits per heavy atom. The molecule has 2 atom stereocenters. The van der Waals surface area contributed by atoms with Crippen LogP contribution in [-0.2, 0) is 0 Å². The second-order valence-electron chi connectivity index (χ2n) is 16.8. The molecule has 0 bridgehead atoms. The minimum absolute atomic E-state index is 0.240. The maximum Gasteiger partial charge on any atom is 0.0560 e. The van der Waals surface area contributed by atoms with Gasteiger partial charge in [0.05, 0.1) is 17.1 Å². The summed E-state index contributed by atoms with van der Waals surface area (Å²) < 4.78 is 4.92. The number of allylic oxidation sites excluding steroid dienone is 8. The smallest absolute Gasteiger partial charge is 0.0560 e. The van der Waals surface area contributed by atoms with E-state index < -0.39 is 0 Å². The van der Waals surface area contributed by atoms with Crippen LogP contribution in [0.5, 0.6) is 0 Å². The van der Waals surface area contributed by atoms with Crippen molar-refractivity contribution < 1.29 is 0 Å². The number of rotatable bonds is 7. The molecule has 2 heteroatoms. The molecule has 2 unspecified atom stereocenters. The molecule has 2 aliphatic carbocycles. The molecule has 2 heterocycles. The summed E-state index contributed by atoms with van der Waals surface area (Å²) in [5.74, 6) is 0.322. The maximum absolute atomic E-state index is 2.53. The number of para-hydroxylation sites is 4. The van der Waals surface area contributed by atoms with Crippen molar-refractivity contribution in [2.24, 2.45) is 0 Å². The highest BCUT2D eigenvalue weighted by atomic mass is 15.0. The van der Waals surface area contributed by atoms with E-state index in [9.17, 15) is 0 Å². The summed E-state index contributed by atoms with van der Waals surface area (Å²) in [5, 5.41) is 5.18. The number of hydrogen-bond donors (Lipinski definition) is 0. The number of benzene rings is 8. The van der Waals surface area contributed by atoms with Crippen LogP contribution in [0.1, 0.15) is 35.9 Å². The number of nitrogens with zero attached hydrogens (tertiary/aromatic N) is 2. The molecule has 0 N–H and O–H groups in total. The molecule has 0 fully saturated rings. The summed E-state index contributed by atoms with van der Waals surface area (Å²) in [6.07, 6.45) is 18.2. The van der Waals surface area contributed by atoms with Gasteiger partial charge in [-0.1, -0.05) is 170 Å². The minimum Gasteiger partial charge on any atom is -0.333 e. The third-order valence-corrected chi connectivity index (χ3v) is 13.1. The van der Waals surface area contributed by atoms with Crippen molar-refractivity contribution in [3.63, 3.8) is 0 Å². The summed E-state index contributed by atoms with van der Waals surface area (Å²) in [6.45, 7) is 0. The van der Waals surface area contributed by atoms with Crippen LogP contribution in [0, 0.1) is 0 Å². The van der Waals surface area contributed by atoms with Crippen LogP contribution in [0.15, 0.2) is 231 Å². The van der Waals surface area contributed by atoms with Gasteiger partial charge < -0.3 is 9.13 Å². The van der Waals surface area contributed by atoms with Crippen molar-refractivity contribution >= 4 is 49.2 Å². The fourth-order valence-electron chi connectivity index (χ4n) is 10.1. The summed E-state index contributed by atoms with van der Waals surface area (Å²) in [4.78, 5) is 0. The molecular weight excluding hydrogens is 749 g/mol. The first-order valence-corrected chi connectivity index (χ1v) is 21.9. The Labute approximate surface area is 362 Å². The van der Waals surface area contributed by atoms with Gasteiger partial charge in [-0.05, 0) is 124 Å². The van der Waals surface area contributed by atoms with E-state index in [0.717, 1.165) is 18.5 Å². The number of hydrogen-bond acceptors (Lipinski definition) is 0. The molecule has 10 aromatic rings. The highest BCUT2D eigenvalue weighted by molar-refractivity contribution is 6.09. The third kappa shape index (κ3) is 6.26. The minimum atomic E-state index is 0.240. The molecule has 2 nitrogen and oxygen atoms in total. The number of aromatic nitrogens is 2. The molecule has 2 aliphatic rings. The van der Waals surface area contributed by atoms with Crippen molar-refractivity contribution in [2.45, 2.75) is 24.8 Å². The summed E-state index contributed by atoms with van der Waals surface area (Å²) in [7, 11) is 0. The standard InChI is InChI=1S/C60H44N2/c1-3-15-41(16-4-1)45-35-47(43-27-31-51(32-28-43)61-57-23-11-7-19-53(57)54-20-8-12-24-58(54)61)39-49(37-45)50-38-46(42-17-5-2-6-18-42)36-48(40-50)44-29-33-52(34-30-44)62-59-25-13-9-21-55(59)56-22-10-14-26-60(56)62/h1-17,19-33,35-40,42,52H,18,34H2. The van der Waals surface area contributed by atoms with Gasteiger partial charge in [0.15, 0.2) is 0 Å². The Hall–Kier alpha value is -7.68. The van der Waals surface area contributed by atoms with E-state index >= 15 is 0 Å². The van der Waals surface area contributed by atoms with Crippen LogP contribution in [-0.4, -0.2) is 9.13 Å². The zero-order valence-corrected chi connectivity index (χ0v) is 34.4. The van der Waals surface area contributed by atoms with Crippen LogP contribution in [0.25, 0.3) is 88.3 Å². The van der Waals surface area contributed by atoms with Crippen LogP contribution in [0.3, 0.4) is 0 Å². The normalized spacial score (nSPS) is 16.2. The Kier molecular flexibility index (Phi) is 8.81. The summed E-state index contributed by atoms with van der Waals surface area (Å²) in [5.41, 5.74) is 17.3. The fourth-order valence-corrected chi connectivity index (χ4v) is 10.1. The molecule has 12 rings (SSSR count). The molecule has 0 saturated carbocycles. The summed E-state index contributed by atoms with van der Waals surface area (Å²) >= 11 is 0. The predicted octanol–water partition coefficient (Wildman–Crippen LogP) is 16.1. The van der Waals surface area contributed by atoms with Crippen LogP contribution < -0.4 is 0 Å². The molecule has 0 amide bonds. The first-order valence-electron chi connectivity index (χ1n) is 21.9. The lowest BCUT2D eigenvalue weighted by Gasteiger charge is -2.22. The highest BCUT2D eigenvalue weighted by Crippen LogP contribution is 2.41. The number of fused-ring (bicyclic) bond motifs is 6. The quantitative estimate of drug-likeness (QED) is 0.152. The van der Waals surface area contributed by atoms with Gasteiger partial charge in [0.2, 0.25) is 0 Å². The van der Waals surface area contributed by atoms with Crippen molar-refractivity contribution in [2.75, 3.05) is 0 Å². The Morgan fingerprint density at radius 3 is 1.47 bits per heavy atom. The SMILES string of the molecule is C1=CCC(c2cc(C3=CCC(n4c5ccccc5c5ccccc54)C=C3)cc(-c3cc(-c4ccccc4)cc(-c4ccc(-n5c6ccccc6c6ccccc65)cc4)c3)c2)C=C1. The maximum atomic E-state index is 2.53.